The van der Waals surface area contributed by atoms with Crippen LogP contribution in [0.1, 0.15) is 11.1 Å². The molecule has 0 saturated carbocycles. The topological polar surface area (TPSA) is 26.0 Å². The molecule has 2 rings (SSSR count). The van der Waals surface area contributed by atoms with Gasteiger partial charge in [0.05, 0.1) is 5.56 Å². The van der Waals surface area contributed by atoms with Crippen molar-refractivity contribution in [3.63, 3.8) is 0 Å². The van der Waals surface area contributed by atoms with Crippen molar-refractivity contribution in [3.05, 3.63) is 52.0 Å². The number of rotatable bonds is 1. The first kappa shape index (κ1) is 13.9. The monoisotopic (exact) mass is 329 g/mol. The third-order valence-corrected chi connectivity index (χ3v) is 3.40. The Balaban J connectivity index is 2.63. The molecule has 2 N–H and O–H groups in total. The lowest BCUT2D eigenvalue weighted by Gasteiger charge is -2.14. The minimum Gasteiger partial charge on any atom is -0.398 e. The number of anilines is 1. The molecule has 2 aromatic rings. The first-order valence-corrected chi connectivity index (χ1v) is 6.31. The second-order valence-corrected chi connectivity index (χ2v) is 5.16. The third-order valence-electron chi connectivity index (χ3n) is 2.91. The molecule has 0 bridgehead atoms. The van der Waals surface area contributed by atoms with Crippen molar-refractivity contribution < 1.29 is 13.2 Å². The van der Waals surface area contributed by atoms with Gasteiger partial charge in [-0.25, -0.2) is 0 Å². The first-order valence-electron chi connectivity index (χ1n) is 5.52. The van der Waals surface area contributed by atoms with Crippen LogP contribution in [0.25, 0.3) is 11.1 Å². The van der Waals surface area contributed by atoms with Gasteiger partial charge < -0.3 is 5.73 Å². The van der Waals surface area contributed by atoms with E-state index in [0.717, 1.165) is 10.5 Å². The predicted molar refractivity (Wildman–Crippen MR) is 73.7 cm³/mol. The summed E-state index contributed by atoms with van der Waals surface area (Å²) in [5.41, 5.74) is 6.34. The number of benzene rings is 2. The number of nitrogen functional groups attached to an aromatic ring is 1. The lowest BCUT2D eigenvalue weighted by atomic mass is 9.98. The van der Waals surface area contributed by atoms with Crippen molar-refractivity contribution in [2.75, 3.05) is 5.73 Å². The Labute approximate surface area is 117 Å². The SMILES string of the molecule is Cc1c(N)cc(-c2cccc(Br)c2)cc1C(F)(F)F. The number of halogens is 4. The molecule has 0 amide bonds. The van der Waals surface area contributed by atoms with Crippen molar-refractivity contribution in [3.8, 4) is 11.1 Å². The Morgan fingerprint density at radius 1 is 1.05 bits per heavy atom. The fraction of sp³-hybridized carbons (Fsp3) is 0.143. The average Bonchev–Trinajstić information content (AvgIpc) is 2.31. The van der Waals surface area contributed by atoms with Crippen LogP contribution in [-0.4, -0.2) is 0 Å². The van der Waals surface area contributed by atoms with Crippen LogP contribution < -0.4 is 5.73 Å². The van der Waals surface area contributed by atoms with E-state index in [-0.39, 0.29) is 11.3 Å². The van der Waals surface area contributed by atoms with Gasteiger partial charge in [0.15, 0.2) is 0 Å². The molecule has 0 aliphatic carbocycles. The van der Waals surface area contributed by atoms with Crippen LogP contribution in [0.2, 0.25) is 0 Å². The first-order chi connectivity index (χ1) is 8.79. The fourth-order valence-electron chi connectivity index (χ4n) is 1.87. The number of alkyl halides is 3. The molecule has 5 heteroatoms. The molecule has 1 nitrogen and oxygen atoms in total. The van der Waals surface area contributed by atoms with E-state index in [1.165, 1.54) is 6.92 Å². The number of hydrogen-bond donors (Lipinski definition) is 1. The Kier molecular flexibility index (Phi) is 3.58. The third kappa shape index (κ3) is 2.92. The summed E-state index contributed by atoms with van der Waals surface area (Å²) in [7, 11) is 0. The predicted octanol–water partition coefficient (Wildman–Crippen LogP) is 5.03. The molecule has 19 heavy (non-hydrogen) atoms. The number of nitrogens with two attached hydrogens (primary N) is 1. The van der Waals surface area contributed by atoms with Gasteiger partial charge in [-0.2, -0.15) is 13.2 Å². The highest BCUT2D eigenvalue weighted by Crippen LogP contribution is 2.37. The van der Waals surface area contributed by atoms with Gasteiger partial charge >= 0.3 is 6.18 Å². The Hall–Kier alpha value is -1.49. The molecule has 0 saturated heterocycles. The van der Waals surface area contributed by atoms with Gasteiger partial charge in [-0.05, 0) is 47.9 Å². The van der Waals surface area contributed by atoms with Crippen LogP contribution in [0.5, 0.6) is 0 Å². The molecule has 0 unspecified atom stereocenters. The zero-order valence-electron chi connectivity index (χ0n) is 10.1. The van der Waals surface area contributed by atoms with Crippen molar-refractivity contribution in [2.45, 2.75) is 13.1 Å². The maximum absolute atomic E-state index is 12.9. The highest BCUT2D eigenvalue weighted by atomic mass is 79.9. The standard InChI is InChI=1S/C14H11BrF3N/c1-8-12(14(16,17)18)6-10(7-13(8)19)9-3-2-4-11(15)5-9/h2-7H,19H2,1H3. The molecule has 100 valence electrons. The quantitative estimate of drug-likeness (QED) is 0.730. The summed E-state index contributed by atoms with van der Waals surface area (Å²) < 4.78 is 39.6. The van der Waals surface area contributed by atoms with Crippen LogP contribution in [0.4, 0.5) is 18.9 Å². The van der Waals surface area contributed by atoms with Crippen molar-refractivity contribution in [1.82, 2.24) is 0 Å². The maximum atomic E-state index is 12.9. The molecule has 0 aliphatic rings. The zero-order valence-corrected chi connectivity index (χ0v) is 11.6. The van der Waals surface area contributed by atoms with Crippen LogP contribution in [0.3, 0.4) is 0 Å². The molecule has 0 radical (unpaired) electrons. The highest BCUT2D eigenvalue weighted by Gasteiger charge is 2.33. The van der Waals surface area contributed by atoms with Gasteiger partial charge in [-0.15, -0.1) is 0 Å². The van der Waals surface area contributed by atoms with E-state index in [0.29, 0.717) is 11.1 Å². The smallest absolute Gasteiger partial charge is 0.398 e. The van der Waals surface area contributed by atoms with Crippen LogP contribution in [-0.2, 0) is 6.18 Å². The molecule has 0 atom stereocenters. The summed E-state index contributed by atoms with van der Waals surface area (Å²) in [6.07, 6.45) is -4.40. The molecule has 0 aromatic heterocycles. The lowest BCUT2D eigenvalue weighted by molar-refractivity contribution is -0.137. The van der Waals surface area contributed by atoms with E-state index in [9.17, 15) is 13.2 Å². The summed E-state index contributed by atoms with van der Waals surface area (Å²) in [4.78, 5) is 0. The minimum absolute atomic E-state index is 0.0613. The van der Waals surface area contributed by atoms with E-state index >= 15 is 0 Å². The second kappa shape index (κ2) is 4.89. The van der Waals surface area contributed by atoms with Gasteiger partial charge in [0.25, 0.3) is 0 Å². The van der Waals surface area contributed by atoms with E-state index in [1.54, 1.807) is 24.3 Å². The van der Waals surface area contributed by atoms with Crippen molar-refractivity contribution in [1.29, 1.82) is 0 Å². The summed E-state index contributed by atoms with van der Waals surface area (Å²) in [5.74, 6) is 0. The summed E-state index contributed by atoms with van der Waals surface area (Å²) in [6.45, 7) is 1.38. The number of hydrogen-bond acceptors (Lipinski definition) is 1. The summed E-state index contributed by atoms with van der Waals surface area (Å²) in [6, 6.07) is 9.77. The Bertz CT molecular complexity index is 621. The zero-order chi connectivity index (χ0) is 14.2. The molecule has 0 fully saturated rings. The van der Waals surface area contributed by atoms with E-state index in [2.05, 4.69) is 15.9 Å². The highest BCUT2D eigenvalue weighted by molar-refractivity contribution is 9.10. The van der Waals surface area contributed by atoms with Crippen LogP contribution in [0, 0.1) is 6.92 Å². The fourth-order valence-corrected chi connectivity index (χ4v) is 2.27. The molecule has 0 spiro atoms. The van der Waals surface area contributed by atoms with E-state index < -0.39 is 11.7 Å². The van der Waals surface area contributed by atoms with Crippen LogP contribution >= 0.6 is 15.9 Å². The van der Waals surface area contributed by atoms with Gasteiger partial charge in [-0.3, -0.25) is 0 Å². The minimum atomic E-state index is -4.40. The second-order valence-electron chi connectivity index (χ2n) is 4.25. The van der Waals surface area contributed by atoms with Crippen molar-refractivity contribution >= 4 is 21.6 Å². The Morgan fingerprint density at radius 3 is 2.32 bits per heavy atom. The van der Waals surface area contributed by atoms with Gasteiger partial charge in [-0.1, -0.05) is 28.1 Å². The molecule has 0 heterocycles. The molecular formula is C14H11BrF3N. The van der Waals surface area contributed by atoms with E-state index in [4.69, 9.17) is 5.73 Å². The van der Waals surface area contributed by atoms with Gasteiger partial charge in [0, 0.05) is 10.2 Å². The Morgan fingerprint density at radius 2 is 1.74 bits per heavy atom. The largest absolute Gasteiger partial charge is 0.416 e. The van der Waals surface area contributed by atoms with Crippen LogP contribution in [0.15, 0.2) is 40.9 Å². The molecular weight excluding hydrogens is 319 g/mol. The lowest BCUT2D eigenvalue weighted by Crippen LogP contribution is -2.09. The molecule has 0 aliphatic heterocycles. The maximum Gasteiger partial charge on any atom is 0.416 e. The van der Waals surface area contributed by atoms with Gasteiger partial charge in [0.1, 0.15) is 0 Å². The van der Waals surface area contributed by atoms with E-state index in [1.807, 2.05) is 6.07 Å². The summed E-state index contributed by atoms with van der Waals surface area (Å²) in [5, 5.41) is 0. The average molecular weight is 330 g/mol. The molecule has 2 aromatic carbocycles. The summed E-state index contributed by atoms with van der Waals surface area (Å²) >= 11 is 3.30. The van der Waals surface area contributed by atoms with Crippen molar-refractivity contribution in [2.24, 2.45) is 0 Å². The van der Waals surface area contributed by atoms with Gasteiger partial charge in [0.2, 0.25) is 0 Å². The normalized spacial score (nSPS) is 11.6.